The van der Waals surface area contributed by atoms with E-state index in [2.05, 4.69) is 34.6 Å². The van der Waals surface area contributed by atoms with E-state index < -0.39 is 9.84 Å². The predicted molar refractivity (Wildman–Crippen MR) is 126 cm³/mol. The van der Waals surface area contributed by atoms with E-state index in [-0.39, 0.29) is 35.2 Å². The third-order valence-electron chi connectivity index (χ3n) is 5.95. The molecular weight excluding hydrogens is 452 g/mol. The molecule has 31 heavy (non-hydrogen) atoms. The lowest BCUT2D eigenvalue weighted by Crippen LogP contribution is -2.47. The molecule has 1 aromatic carbocycles. The molecule has 1 aromatic heterocycles. The van der Waals surface area contributed by atoms with Gasteiger partial charge in [0.2, 0.25) is 11.0 Å². The summed E-state index contributed by atoms with van der Waals surface area (Å²) in [6.45, 7) is 2.12. The Kier molecular flexibility index (Phi) is 7.18. The summed E-state index contributed by atoms with van der Waals surface area (Å²) in [4.78, 5) is 15.0. The second-order valence-corrected chi connectivity index (χ2v) is 12.6. The molecule has 0 unspecified atom stereocenters. The van der Waals surface area contributed by atoms with Crippen LogP contribution in [0.25, 0.3) is 0 Å². The van der Waals surface area contributed by atoms with Crippen molar-refractivity contribution in [2.45, 2.75) is 61.9 Å². The number of sulfone groups is 1. The van der Waals surface area contributed by atoms with Crippen molar-refractivity contribution < 1.29 is 13.2 Å². The van der Waals surface area contributed by atoms with E-state index in [1.807, 2.05) is 17.0 Å². The number of aromatic nitrogens is 2. The average molecular weight is 481 g/mol. The van der Waals surface area contributed by atoms with E-state index in [4.69, 9.17) is 0 Å². The molecule has 1 saturated heterocycles. The Labute approximate surface area is 191 Å². The van der Waals surface area contributed by atoms with Crippen molar-refractivity contribution in [3.63, 3.8) is 0 Å². The van der Waals surface area contributed by atoms with Gasteiger partial charge in [-0.3, -0.25) is 4.79 Å². The summed E-state index contributed by atoms with van der Waals surface area (Å²) in [7, 11) is -3.03. The van der Waals surface area contributed by atoms with Crippen LogP contribution < -0.4 is 5.32 Å². The van der Waals surface area contributed by atoms with Gasteiger partial charge in [-0.15, -0.1) is 10.2 Å². The lowest BCUT2D eigenvalue weighted by atomic mass is 10.1. The van der Waals surface area contributed by atoms with Crippen LogP contribution in [0.5, 0.6) is 0 Å². The lowest BCUT2D eigenvalue weighted by Gasteiger charge is -2.34. The number of aryl methyl sites for hydroxylation is 1. The van der Waals surface area contributed by atoms with Crippen molar-refractivity contribution in [1.29, 1.82) is 0 Å². The zero-order valence-electron chi connectivity index (χ0n) is 17.6. The van der Waals surface area contributed by atoms with Gasteiger partial charge in [-0.2, -0.15) is 0 Å². The Hall–Kier alpha value is -1.65. The summed E-state index contributed by atoms with van der Waals surface area (Å²) in [5, 5.41) is 12.3. The van der Waals surface area contributed by atoms with E-state index in [0.29, 0.717) is 11.6 Å². The molecule has 7 nitrogen and oxygen atoms in total. The molecule has 0 spiro atoms. The molecule has 0 bridgehead atoms. The number of rotatable bonds is 8. The smallest absolute Gasteiger partial charge is 0.233 e. The number of hydrogen-bond acceptors (Lipinski definition) is 8. The van der Waals surface area contributed by atoms with Crippen LogP contribution in [0.1, 0.15) is 44.6 Å². The first kappa shape index (κ1) is 22.5. The molecule has 1 saturated carbocycles. The highest BCUT2D eigenvalue weighted by atomic mass is 32.2. The van der Waals surface area contributed by atoms with Gasteiger partial charge < -0.3 is 10.2 Å². The minimum atomic E-state index is -3.03. The van der Waals surface area contributed by atoms with Gasteiger partial charge in [-0.1, -0.05) is 55.0 Å². The molecule has 10 heteroatoms. The number of carbonyl (C=O) groups excluding carboxylic acids is 1. The van der Waals surface area contributed by atoms with Crippen molar-refractivity contribution in [1.82, 2.24) is 15.1 Å². The summed E-state index contributed by atoms with van der Waals surface area (Å²) in [5.41, 5.74) is 2.23. The number of nitrogens with one attached hydrogen (secondary N) is 1. The highest BCUT2D eigenvalue weighted by Gasteiger charge is 2.38. The van der Waals surface area contributed by atoms with Gasteiger partial charge in [0, 0.05) is 17.8 Å². The van der Waals surface area contributed by atoms with Crippen LogP contribution in [0.2, 0.25) is 0 Å². The molecule has 0 radical (unpaired) electrons. The van der Waals surface area contributed by atoms with Crippen molar-refractivity contribution in [3.8, 4) is 0 Å². The Morgan fingerprint density at radius 2 is 1.90 bits per heavy atom. The van der Waals surface area contributed by atoms with Gasteiger partial charge in [0.1, 0.15) is 0 Å². The molecule has 1 amide bonds. The number of hydrogen-bond donors (Lipinski definition) is 1. The Morgan fingerprint density at radius 1 is 1.16 bits per heavy atom. The summed E-state index contributed by atoms with van der Waals surface area (Å²) < 4.78 is 24.7. The van der Waals surface area contributed by atoms with E-state index in [1.54, 1.807) is 0 Å². The Balaban J connectivity index is 1.36. The van der Waals surface area contributed by atoms with Crippen LogP contribution in [-0.2, 0) is 21.1 Å². The number of amides is 1. The third kappa shape index (κ3) is 5.78. The summed E-state index contributed by atoms with van der Waals surface area (Å²) in [6.07, 6.45) is 5.70. The lowest BCUT2D eigenvalue weighted by molar-refractivity contribution is -0.132. The Morgan fingerprint density at radius 3 is 2.55 bits per heavy atom. The second kappa shape index (κ2) is 9.87. The van der Waals surface area contributed by atoms with Gasteiger partial charge >= 0.3 is 0 Å². The largest absolute Gasteiger partial charge is 0.335 e. The topological polar surface area (TPSA) is 92.3 Å². The minimum Gasteiger partial charge on any atom is -0.335 e. The van der Waals surface area contributed by atoms with Crippen LogP contribution in [0.3, 0.4) is 0 Å². The molecular formula is C21H28N4O3S3. The van der Waals surface area contributed by atoms with E-state index in [0.717, 1.165) is 42.1 Å². The van der Waals surface area contributed by atoms with Gasteiger partial charge in [-0.25, -0.2) is 8.42 Å². The van der Waals surface area contributed by atoms with Crippen molar-refractivity contribution in [3.05, 3.63) is 29.8 Å². The molecule has 1 aliphatic heterocycles. The minimum absolute atomic E-state index is 0.0128. The number of thioether (sulfide) groups is 1. The normalized spacial score (nSPS) is 20.7. The first-order chi connectivity index (χ1) is 14.9. The van der Waals surface area contributed by atoms with E-state index in [9.17, 15) is 13.2 Å². The zero-order chi connectivity index (χ0) is 21.8. The predicted octanol–water partition coefficient (Wildman–Crippen LogP) is 3.89. The molecule has 1 aliphatic carbocycles. The standard InChI is InChI=1S/C21H28N4O3S3/c1-2-15-7-9-16(10-8-15)22-20-23-24-21(30-20)29-13-19(26)25(17-5-3-4-6-17)18-11-12-31(27,28)14-18/h7-10,17-18H,2-6,11-14H2,1H3,(H,22,23)/t18-/m0/s1. The fraction of sp³-hybridized carbons (Fsp3) is 0.571. The average Bonchev–Trinajstić information content (AvgIpc) is 3.50. The first-order valence-corrected chi connectivity index (χ1v) is 14.4. The Bertz CT molecular complexity index is 1000. The second-order valence-electron chi connectivity index (χ2n) is 8.13. The molecule has 2 fully saturated rings. The maximum Gasteiger partial charge on any atom is 0.233 e. The van der Waals surface area contributed by atoms with Crippen LogP contribution >= 0.6 is 23.1 Å². The van der Waals surface area contributed by atoms with Crippen LogP contribution in [-0.4, -0.2) is 58.8 Å². The fourth-order valence-corrected chi connectivity index (χ4v) is 7.70. The van der Waals surface area contributed by atoms with Crippen molar-refractivity contribution >= 4 is 49.7 Å². The maximum absolute atomic E-state index is 13.1. The van der Waals surface area contributed by atoms with Crippen molar-refractivity contribution in [2.24, 2.45) is 0 Å². The monoisotopic (exact) mass is 480 g/mol. The molecule has 1 atom stereocenters. The van der Waals surface area contributed by atoms with Crippen LogP contribution in [0.4, 0.5) is 10.8 Å². The summed E-state index contributed by atoms with van der Waals surface area (Å²) >= 11 is 2.79. The van der Waals surface area contributed by atoms with Gasteiger partial charge in [0.05, 0.1) is 17.3 Å². The molecule has 2 heterocycles. The highest BCUT2D eigenvalue weighted by Crippen LogP contribution is 2.32. The van der Waals surface area contributed by atoms with E-state index >= 15 is 0 Å². The summed E-state index contributed by atoms with van der Waals surface area (Å²) in [5.74, 6) is 0.557. The molecule has 2 aromatic rings. The molecule has 168 valence electrons. The number of carbonyl (C=O) groups is 1. The summed E-state index contributed by atoms with van der Waals surface area (Å²) in [6, 6.07) is 8.19. The maximum atomic E-state index is 13.1. The first-order valence-electron chi connectivity index (χ1n) is 10.8. The molecule has 1 N–H and O–H groups in total. The number of anilines is 2. The SMILES string of the molecule is CCc1ccc(Nc2nnc(SCC(=O)N(C3CCCC3)[C@H]3CCS(=O)(=O)C3)s2)cc1. The van der Waals surface area contributed by atoms with Gasteiger partial charge in [0.25, 0.3) is 0 Å². The fourth-order valence-electron chi connectivity index (χ4n) is 4.35. The number of benzene rings is 1. The quantitative estimate of drug-likeness (QED) is 0.573. The van der Waals surface area contributed by atoms with Crippen molar-refractivity contribution in [2.75, 3.05) is 22.6 Å². The highest BCUT2D eigenvalue weighted by molar-refractivity contribution is 8.01. The van der Waals surface area contributed by atoms with Gasteiger partial charge in [0.15, 0.2) is 14.2 Å². The number of nitrogens with zero attached hydrogens (tertiary/aromatic N) is 3. The van der Waals surface area contributed by atoms with E-state index in [1.165, 1.54) is 28.7 Å². The molecule has 2 aliphatic rings. The molecule has 4 rings (SSSR count). The van der Waals surface area contributed by atoms with Crippen LogP contribution in [0.15, 0.2) is 28.6 Å². The van der Waals surface area contributed by atoms with Gasteiger partial charge in [-0.05, 0) is 43.4 Å². The van der Waals surface area contributed by atoms with Crippen LogP contribution in [0, 0.1) is 0 Å². The zero-order valence-corrected chi connectivity index (χ0v) is 20.1. The third-order valence-corrected chi connectivity index (χ3v) is 9.65.